The number of thiazole rings is 1. The normalized spacial score (nSPS) is 12.2. The molecule has 6 heteroatoms. The molecule has 0 aliphatic carbocycles. The number of para-hydroxylation sites is 3. The molecule has 0 aliphatic rings. The van der Waals surface area contributed by atoms with Gasteiger partial charge in [0.15, 0.2) is 5.13 Å². The molecule has 7 aromatic carbocycles. The Labute approximate surface area is 288 Å². The number of fused-ring (bicyclic) bond motifs is 11. The van der Waals surface area contributed by atoms with E-state index in [0.717, 1.165) is 59.6 Å². The molecule has 0 atom stereocenters. The van der Waals surface area contributed by atoms with E-state index in [4.69, 9.17) is 21.0 Å². The first kappa shape index (κ1) is 27.1. The van der Waals surface area contributed by atoms with Gasteiger partial charge in [-0.15, -0.1) is 0 Å². The Hall–Kier alpha value is -5.88. The van der Waals surface area contributed by atoms with Gasteiger partial charge in [0.1, 0.15) is 11.2 Å². The first-order valence-corrected chi connectivity index (χ1v) is 17.4. The third kappa shape index (κ3) is 3.88. The number of aromatic nitrogens is 3. The van der Waals surface area contributed by atoms with Crippen LogP contribution in [0, 0.1) is 0 Å². The Morgan fingerprint density at radius 2 is 1.12 bits per heavy atom. The molecule has 0 aliphatic heterocycles. The van der Waals surface area contributed by atoms with E-state index in [-0.39, 0.29) is 0 Å². The molecule has 11 aromatic rings. The molecule has 0 unspecified atom stereocenters. The highest BCUT2D eigenvalue weighted by Crippen LogP contribution is 2.42. The average Bonchev–Trinajstić information content (AvgIpc) is 3.90. The molecule has 0 spiro atoms. The number of hydrogen-bond donors (Lipinski definition) is 0. The minimum atomic E-state index is 0.689. The largest absolute Gasteiger partial charge is 0.456 e. The lowest BCUT2D eigenvalue weighted by Gasteiger charge is -2.09. The second-order valence-corrected chi connectivity index (χ2v) is 13.9. The maximum atomic E-state index is 6.44. The Morgan fingerprint density at radius 1 is 0.510 bits per heavy atom. The molecule has 0 saturated carbocycles. The van der Waals surface area contributed by atoms with Crippen molar-refractivity contribution in [2.24, 2.45) is 0 Å². The van der Waals surface area contributed by atoms with Crippen LogP contribution >= 0.6 is 22.9 Å². The van der Waals surface area contributed by atoms with Crippen LogP contribution in [0.5, 0.6) is 0 Å². The lowest BCUT2D eigenvalue weighted by Crippen LogP contribution is -1.94. The van der Waals surface area contributed by atoms with Crippen molar-refractivity contribution in [1.82, 2.24) is 14.1 Å². The van der Waals surface area contributed by atoms with Crippen LogP contribution in [0.1, 0.15) is 0 Å². The van der Waals surface area contributed by atoms with Gasteiger partial charge >= 0.3 is 0 Å². The fourth-order valence-corrected chi connectivity index (χ4v) is 8.98. The third-order valence-corrected chi connectivity index (χ3v) is 11.1. The van der Waals surface area contributed by atoms with E-state index in [1.54, 1.807) is 11.3 Å². The molecule has 0 saturated heterocycles. The summed E-state index contributed by atoms with van der Waals surface area (Å²) < 4.78 is 12.0. The molecule has 0 amide bonds. The molecule has 0 fully saturated rings. The Balaban J connectivity index is 1.16. The van der Waals surface area contributed by atoms with Crippen LogP contribution in [0.25, 0.3) is 97.7 Å². The number of rotatable bonds is 3. The van der Waals surface area contributed by atoms with Crippen LogP contribution in [0.3, 0.4) is 0 Å². The summed E-state index contributed by atoms with van der Waals surface area (Å²) >= 11 is 8.13. The lowest BCUT2D eigenvalue weighted by atomic mass is 10.0. The number of halogens is 1. The van der Waals surface area contributed by atoms with Gasteiger partial charge in [0.2, 0.25) is 0 Å². The molecule has 4 nitrogen and oxygen atoms in total. The number of nitrogens with zero attached hydrogens (tertiary/aromatic N) is 3. The monoisotopic (exact) mass is 665 g/mol. The molecule has 11 rings (SSSR count). The first-order valence-electron chi connectivity index (χ1n) is 16.2. The number of furan rings is 1. The predicted octanol–water partition coefficient (Wildman–Crippen LogP) is 12.7. The predicted molar refractivity (Wildman–Crippen MR) is 206 cm³/mol. The van der Waals surface area contributed by atoms with Crippen LogP contribution in [-0.4, -0.2) is 14.1 Å². The van der Waals surface area contributed by atoms with Crippen LogP contribution in [0.15, 0.2) is 150 Å². The van der Waals surface area contributed by atoms with Crippen LogP contribution in [0.4, 0.5) is 0 Å². The van der Waals surface area contributed by atoms with E-state index in [1.807, 2.05) is 24.3 Å². The fraction of sp³-hybridized carbons (Fsp3) is 0. The molecule has 0 N–H and O–H groups in total. The summed E-state index contributed by atoms with van der Waals surface area (Å²) in [6, 6.07) is 51.5. The van der Waals surface area contributed by atoms with Gasteiger partial charge in [-0.25, -0.2) is 4.98 Å². The summed E-state index contributed by atoms with van der Waals surface area (Å²) in [6.45, 7) is 0. The zero-order valence-corrected chi connectivity index (χ0v) is 27.5. The summed E-state index contributed by atoms with van der Waals surface area (Å²) in [5, 5.41) is 8.57. The van der Waals surface area contributed by atoms with Crippen molar-refractivity contribution >= 4 is 98.7 Å². The van der Waals surface area contributed by atoms with Gasteiger partial charge in [0, 0.05) is 43.0 Å². The van der Waals surface area contributed by atoms with Gasteiger partial charge in [-0.3, -0.25) is 4.57 Å². The molecule has 230 valence electrons. The highest BCUT2D eigenvalue weighted by atomic mass is 35.5. The van der Waals surface area contributed by atoms with Crippen molar-refractivity contribution in [3.63, 3.8) is 0 Å². The quantitative estimate of drug-likeness (QED) is 0.188. The number of hydrogen-bond acceptors (Lipinski definition) is 3. The average molecular weight is 666 g/mol. The van der Waals surface area contributed by atoms with Crippen molar-refractivity contribution in [1.29, 1.82) is 0 Å². The summed E-state index contributed by atoms with van der Waals surface area (Å²) in [7, 11) is 0. The minimum absolute atomic E-state index is 0.689. The SMILES string of the molecule is Clc1ccc2oc3ccc4nc(-n5c6ccccc6c6ccc(-c7ccc8c9ccccc9n(-c9ccccc9)c8c7)cc65)sc4c3c2c1. The lowest BCUT2D eigenvalue weighted by molar-refractivity contribution is 0.669. The van der Waals surface area contributed by atoms with Gasteiger partial charge in [0.25, 0.3) is 0 Å². The summed E-state index contributed by atoms with van der Waals surface area (Å²) in [5.41, 5.74) is 10.7. The van der Waals surface area contributed by atoms with Gasteiger partial charge in [0.05, 0.1) is 32.3 Å². The second-order valence-electron chi connectivity index (χ2n) is 12.5. The minimum Gasteiger partial charge on any atom is -0.456 e. The van der Waals surface area contributed by atoms with Crippen molar-refractivity contribution in [2.45, 2.75) is 0 Å². The highest BCUT2D eigenvalue weighted by molar-refractivity contribution is 7.22. The van der Waals surface area contributed by atoms with Crippen LogP contribution in [0.2, 0.25) is 5.02 Å². The second kappa shape index (κ2) is 10.1. The molecular formula is C43H24ClN3OS. The van der Waals surface area contributed by atoms with E-state index in [9.17, 15) is 0 Å². The van der Waals surface area contributed by atoms with Crippen molar-refractivity contribution in [3.8, 4) is 21.9 Å². The van der Waals surface area contributed by atoms with Gasteiger partial charge in [-0.2, -0.15) is 0 Å². The van der Waals surface area contributed by atoms with Crippen molar-refractivity contribution in [2.75, 3.05) is 0 Å². The van der Waals surface area contributed by atoms with Crippen molar-refractivity contribution in [3.05, 3.63) is 151 Å². The van der Waals surface area contributed by atoms with Crippen LogP contribution in [-0.2, 0) is 0 Å². The van der Waals surface area contributed by atoms with Gasteiger partial charge in [-0.1, -0.05) is 102 Å². The molecule has 0 radical (unpaired) electrons. The van der Waals surface area contributed by atoms with Gasteiger partial charge < -0.3 is 8.98 Å². The molecule has 4 aromatic heterocycles. The molecule has 49 heavy (non-hydrogen) atoms. The van der Waals surface area contributed by atoms with Crippen molar-refractivity contribution < 1.29 is 4.42 Å². The Bertz CT molecular complexity index is 3130. The first-order chi connectivity index (χ1) is 24.2. The van der Waals surface area contributed by atoms with E-state index in [0.29, 0.717) is 5.02 Å². The maximum Gasteiger partial charge on any atom is 0.195 e. The Kier molecular flexibility index (Phi) is 5.57. The van der Waals surface area contributed by atoms with E-state index in [2.05, 4.69) is 130 Å². The Morgan fingerprint density at radius 3 is 1.86 bits per heavy atom. The smallest absolute Gasteiger partial charge is 0.195 e. The maximum absolute atomic E-state index is 6.44. The molecule has 4 heterocycles. The number of benzene rings is 7. The summed E-state index contributed by atoms with van der Waals surface area (Å²) in [4.78, 5) is 5.23. The standard InChI is InChI=1S/C43H24ClN3OS/c44-27-16-20-39-33(24-27)41-40(48-39)21-19-34-42(41)49-43(45-34)47-36-13-7-5-11-30(36)32-18-15-26(23-38(32)47)25-14-17-31-29-10-4-6-12-35(29)46(37(31)22-25)28-8-2-1-3-9-28/h1-24H. The highest BCUT2D eigenvalue weighted by Gasteiger charge is 2.20. The summed E-state index contributed by atoms with van der Waals surface area (Å²) in [6.07, 6.45) is 0. The van der Waals surface area contributed by atoms with E-state index < -0.39 is 0 Å². The fourth-order valence-electron chi connectivity index (χ4n) is 7.66. The van der Waals surface area contributed by atoms with Crippen LogP contribution < -0.4 is 0 Å². The van der Waals surface area contributed by atoms with E-state index >= 15 is 0 Å². The topological polar surface area (TPSA) is 35.9 Å². The third-order valence-electron chi connectivity index (χ3n) is 9.83. The molecule has 0 bridgehead atoms. The van der Waals surface area contributed by atoms with Gasteiger partial charge in [-0.05, 0) is 77.9 Å². The zero-order valence-electron chi connectivity index (χ0n) is 25.9. The molecular weight excluding hydrogens is 642 g/mol. The van der Waals surface area contributed by atoms with E-state index in [1.165, 1.54) is 38.1 Å². The zero-order chi connectivity index (χ0) is 32.2. The summed E-state index contributed by atoms with van der Waals surface area (Å²) in [5.74, 6) is 0.